The van der Waals surface area contributed by atoms with Crippen molar-refractivity contribution >= 4 is 33.1 Å². The van der Waals surface area contributed by atoms with E-state index >= 15 is 0 Å². The van der Waals surface area contributed by atoms with Crippen molar-refractivity contribution in [1.82, 2.24) is 9.88 Å². The normalized spacial score (nSPS) is 12.1. The number of nitriles is 1. The smallest absolute Gasteiger partial charge is 0.266 e. The van der Waals surface area contributed by atoms with Crippen molar-refractivity contribution in [2.24, 2.45) is 0 Å². The van der Waals surface area contributed by atoms with Gasteiger partial charge in [0.2, 0.25) is 0 Å². The van der Waals surface area contributed by atoms with Gasteiger partial charge in [-0.2, -0.15) is 5.26 Å². The number of thiophene rings is 1. The molecule has 0 radical (unpaired) electrons. The van der Waals surface area contributed by atoms with E-state index in [1.54, 1.807) is 18.1 Å². The minimum Gasteiger partial charge on any atom is -0.396 e. The number of anilines is 1. The molecule has 19 heavy (non-hydrogen) atoms. The van der Waals surface area contributed by atoms with Crippen molar-refractivity contribution in [3.63, 3.8) is 0 Å². The number of fused-ring (bicyclic) bond motifs is 1. The molecule has 0 spiro atoms. The fraction of sp³-hybridized carbons (Fsp3) is 0.308. The molecule has 2 heterocycles. The van der Waals surface area contributed by atoms with E-state index in [4.69, 9.17) is 11.0 Å². The fourth-order valence-corrected chi connectivity index (χ4v) is 2.80. The summed E-state index contributed by atoms with van der Waals surface area (Å²) in [6.45, 7) is 1.84. The summed E-state index contributed by atoms with van der Waals surface area (Å²) in [5.74, 6) is -0.164. The minimum atomic E-state index is -0.164. The van der Waals surface area contributed by atoms with Gasteiger partial charge >= 0.3 is 0 Å². The van der Waals surface area contributed by atoms with Crippen LogP contribution in [-0.2, 0) is 0 Å². The molecule has 98 valence electrons. The number of aromatic nitrogens is 1. The van der Waals surface area contributed by atoms with Gasteiger partial charge < -0.3 is 10.6 Å². The third kappa shape index (κ3) is 2.37. The maximum atomic E-state index is 12.4. The number of carbonyl (C=O) groups is 1. The van der Waals surface area contributed by atoms with Gasteiger partial charge in [-0.15, -0.1) is 11.3 Å². The summed E-state index contributed by atoms with van der Waals surface area (Å²) in [6.07, 6.45) is 1.95. The molecule has 2 aromatic rings. The van der Waals surface area contributed by atoms with E-state index in [-0.39, 0.29) is 11.9 Å². The van der Waals surface area contributed by atoms with Gasteiger partial charge in [0.25, 0.3) is 5.91 Å². The van der Waals surface area contributed by atoms with Crippen LogP contribution in [0.3, 0.4) is 0 Å². The lowest BCUT2D eigenvalue weighted by Crippen LogP contribution is -2.34. The SMILES string of the molecule is CC(CC#N)N(C)C(=O)c1sc2cccnc2c1N. The Bertz CT molecular complexity index is 658. The zero-order chi connectivity index (χ0) is 14.0. The minimum absolute atomic E-state index is 0.143. The molecule has 0 saturated heterocycles. The van der Waals surface area contributed by atoms with Gasteiger partial charge in [-0.25, -0.2) is 0 Å². The molecular formula is C13H14N4OS. The van der Waals surface area contributed by atoms with Crippen molar-refractivity contribution in [1.29, 1.82) is 5.26 Å². The first-order chi connectivity index (χ1) is 9.06. The highest BCUT2D eigenvalue weighted by atomic mass is 32.1. The van der Waals surface area contributed by atoms with Gasteiger partial charge in [-0.3, -0.25) is 9.78 Å². The Morgan fingerprint density at radius 2 is 2.42 bits per heavy atom. The van der Waals surface area contributed by atoms with Crippen LogP contribution in [-0.4, -0.2) is 28.9 Å². The van der Waals surface area contributed by atoms with Gasteiger partial charge in [-0.05, 0) is 19.1 Å². The highest BCUT2D eigenvalue weighted by Gasteiger charge is 2.23. The van der Waals surface area contributed by atoms with Gasteiger partial charge in [-0.1, -0.05) is 0 Å². The number of nitrogen functional groups attached to an aromatic ring is 1. The fourth-order valence-electron chi connectivity index (χ4n) is 1.74. The number of amides is 1. The summed E-state index contributed by atoms with van der Waals surface area (Å²) in [7, 11) is 1.68. The number of carbonyl (C=O) groups excluding carboxylic acids is 1. The van der Waals surface area contributed by atoms with Crippen LogP contribution in [0.25, 0.3) is 10.2 Å². The Labute approximate surface area is 115 Å². The number of hydrogen-bond donors (Lipinski definition) is 1. The van der Waals surface area contributed by atoms with Gasteiger partial charge in [0.1, 0.15) is 10.4 Å². The molecule has 2 N–H and O–H groups in total. The predicted molar refractivity (Wildman–Crippen MR) is 75.8 cm³/mol. The number of rotatable bonds is 3. The molecule has 1 amide bonds. The summed E-state index contributed by atoms with van der Waals surface area (Å²) in [5.41, 5.74) is 7.07. The molecule has 5 nitrogen and oxygen atoms in total. The van der Waals surface area contributed by atoms with E-state index in [1.807, 2.05) is 19.1 Å². The number of nitrogens with zero attached hydrogens (tertiary/aromatic N) is 3. The standard InChI is InChI=1S/C13H14N4OS/c1-8(5-6-14)17(2)13(18)12-10(15)11-9(19-12)4-3-7-16-11/h3-4,7-8H,5,15H2,1-2H3. The Kier molecular flexibility index (Phi) is 3.67. The van der Waals surface area contributed by atoms with Crippen LogP contribution in [0.2, 0.25) is 0 Å². The first-order valence-electron chi connectivity index (χ1n) is 5.83. The monoisotopic (exact) mass is 274 g/mol. The van der Waals surface area contributed by atoms with Crippen molar-refractivity contribution in [3.8, 4) is 6.07 Å². The average molecular weight is 274 g/mol. The second kappa shape index (κ2) is 5.24. The molecule has 0 saturated carbocycles. The van der Waals surface area contributed by atoms with Crippen LogP contribution < -0.4 is 5.73 Å². The van der Waals surface area contributed by atoms with Crippen LogP contribution >= 0.6 is 11.3 Å². The van der Waals surface area contributed by atoms with Gasteiger partial charge in [0.05, 0.1) is 22.9 Å². The lowest BCUT2D eigenvalue weighted by atomic mass is 10.2. The summed E-state index contributed by atoms with van der Waals surface area (Å²) < 4.78 is 0.893. The first kappa shape index (κ1) is 13.3. The van der Waals surface area contributed by atoms with Crippen molar-refractivity contribution < 1.29 is 4.79 Å². The molecule has 1 atom stereocenters. The molecule has 0 aliphatic heterocycles. The summed E-state index contributed by atoms with van der Waals surface area (Å²) in [5, 5.41) is 8.69. The van der Waals surface area contributed by atoms with Crippen LogP contribution in [0.1, 0.15) is 23.0 Å². The van der Waals surface area contributed by atoms with Crippen molar-refractivity contribution in [2.75, 3.05) is 12.8 Å². The molecule has 2 rings (SSSR count). The highest BCUT2D eigenvalue weighted by Crippen LogP contribution is 2.32. The molecule has 0 bridgehead atoms. The molecule has 6 heteroatoms. The largest absolute Gasteiger partial charge is 0.396 e. The maximum absolute atomic E-state index is 12.4. The van der Waals surface area contributed by atoms with Crippen molar-refractivity contribution in [2.45, 2.75) is 19.4 Å². The van der Waals surface area contributed by atoms with E-state index in [0.717, 1.165) is 4.70 Å². The Balaban J connectivity index is 2.37. The first-order valence-corrected chi connectivity index (χ1v) is 6.65. The lowest BCUT2D eigenvalue weighted by molar-refractivity contribution is 0.0752. The summed E-state index contributed by atoms with van der Waals surface area (Å²) >= 11 is 1.33. The van der Waals surface area contributed by atoms with E-state index in [1.165, 1.54) is 11.3 Å². The molecule has 0 aliphatic rings. The molecular weight excluding hydrogens is 260 g/mol. The molecule has 0 aliphatic carbocycles. The van der Waals surface area contributed by atoms with Gasteiger partial charge in [0, 0.05) is 19.3 Å². The second-order valence-corrected chi connectivity index (χ2v) is 5.37. The quantitative estimate of drug-likeness (QED) is 0.930. The molecule has 2 aromatic heterocycles. The van der Waals surface area contributed by atoms with E-state index in [0.29, 0.717) is 22.5 Å². The summed E-state index contributed by atoms with van der Waals surface area (Å²) in [4.78, 5) is 18.6. The molecule has 1 unspecified atom stereocenters. The van der Waals surface area contributed by atoms with Crippen LogP contribution in [0.15, 0.2) is 18.3 Å². The van der Waals surface area contributed by atoms with Gasteiger partial charge in [0.15, 0.2) is 0 Å². The van der Waals surface area contributed by atoms with Crippen LogP contribution in [0, 0.1) is 11.3 Å². The Morgan fingerprint density at radius 1 is 1.68 bits per heavy atom. The third-order valence-electron chi connectivity index (χ3n) is 3.04. The second-order valence-electron chi connectivity index (χ2n) is 4.32. The summed E-state index contributed by atoms with van der Waals surface area (Å²) in [6, 6.07) is 5.62. The topological polar surface area (TPSA) is 83.0 Å². The lowest BCUT2D eigenvalue weighted by Gasteiger charge is -2.22. The number of nitrogens with two attached hydrogens (primary N) is 1. The average Bonchev–Trinajstić information content (AvgIpc) is 2.75. The number of hydrogen-bond acceptors (Lipinski definition) is 5. The van der Waals surface area contributed by atoms with Crippen molar-refractivity contribution in [3.05, 3.63) is 23.2 Å². The Hall–Kier alpha value is -2.13. The molecule has 0 fully saturated rings. The maximum Gasteiger partial charge on any atom is 0.266 e. The highest BCUT2D eigenvalue weighted by molar-refractivity contribution is 7.21. The zero-order valence-corrected chi connectivity index (χ0v) is 11.6. The van der Waals surface area contributed by atoms with Crippen LogP contribution in [0.5, 0.6) is 0 Å². The molecule has 0 aromatic carbocycles. The van der Waals surface area contributed by atoms with E-state index in [2.05, 4.69) is 11.1 Å². The third-order valence-corrected chi connectivity index (χ3v) is 4.19. The number of pyridine rings is 1. The Morgan fingerprint density at radius 3 is 3.05 bits per heavy atom. The van der Waals surface area contributed by atoms with E-state index in [9.17, 15) is 4.79 Å². The van der Waals surface area contributed by atoms with Crippen LogP contribution in [0.4, 0.5) is 5.69 Å². The predicted octanol–water partition coefficient (Wildman–Crippen LogP) is 2.25. The van der Waals surface area contributed by atoms with E-state index < -0.39 is 0 Å². The zero-order valence-electron chi connectivity index (χ0n) is 10.8.